The van der Waals surface area contributed by atoms with Gasteiger partial charge in [-0.1, -0.05) is 45.1 Å². The van der Waals surface area contributed by atoms with Crippen molar-refractivity contribution in [1.82, 2.24) is 10.2 Å². The summed E-state index contributed by atoms with van der Waals surface area (Å²) in [5.41, 5.74) is 2.24. The molecule has 1 atom stereocenters. The zero-order chi connectivity index (χ0) is 20.8. The number of anilines is 4. The molecule has 0 radical (unpaired) electrons. The lowest BCUT2D eigenvalue weighted by Gasteiger charge is -2.11. The van der Waals surface area contributed by atoms with Crippen molar-refractivity contribution < 1.29 is 9.59 Å². The van der Waals surface area contributed by atoms with Crippen LogP contribution >= 0.6 is 39.0 Å². The van der Waals surface area contributed by atoms with Gasteiger partial charge in [0.15, 0.2) is 4.34 Å². The quantitative estimate of drug-likeness (QED) is 0.396. The summed E-state index contributed by atoms with van der Waals surface area (Å²) in [6, 6.07) is 14.7. The SMILES string of the molecule is CC(=O)Nc1ccc(NC(=O)C(C)Sc2nnc(Nc3cccc(Br)c3)s2)cc1. The number of halogens is 1. The van der Waals surface area contributed by atoms with E-state index in [1.54, 1.807) is 24.3 Å². The first-order chi connectivity index (χ1) is 13.9. The number of hydrogen-bond donors (Lipinski definition) is 3. The van der Waals surface area contributed by atoms with Gasteiger partial charge in [-0.25, -0.2) is 0 Å². The van der Waals surface area contributed by atoms with Crippen molar-refractivity contribution in [3.63, 3.8) is 0 Å². The van der Waals surface area contributed by atoms with Gasteiger partial charge in [-0.2, -0.15) is 0 Å². The molecule has 1 aromatic heterocycles. The third-order valence-electron chi connectivity index (χ3n) is 3.60. The van der Waals surface area contributed by atoms with Crippen LogP contribution in [-0.4, -0.2) is 27.3 Å². The molecular weight excluding hydrogens is 474 g/mol. The molecule has 2 aromatic carbocycles. The Labute approximate surface area is 184 Å². The number of carbonyl (C=O) groups excluding carboxylic acids is 2. The molecule has 0 saturated heterocycles. The maximum absolute atomic E-state index is 12.4. The van der Waals surface area contributed by atoms with E-state index in [0.29, 0.717) is 20.8 Å². The lowest BCUT2D eigenvalue weighted by Crippen LogP contribution is -2.22. The molecule has 0 bridgehead atoms. The number of nitrogens with one attached hydrogen (secondary N) is 3. The summed E-state index contributed by atoms with van der Waals surface area (Å²) in [6.45, 7) is 3.26. The summed E-state index contributed by atoms with van der Waals surface area (Å²) in [5, 5.41) is 17.3. The molecule has 1 unspecified atom stereocenters. The van der Waals surface area contributed by atoms with Crippen LogP contribution in [0.2, 0.25) is 0 Å². The second kappa shape index (κ2) is 9.86. The minimum absolute atomic E-state index is 0.140. The molecule has 1 heterocycles. The van der Waals surface area contributed by atoms with Crippen LogP contribution in [0.3, 0.4) is 0 Å². The van der Waals surface area contributed by atoms with Crippen LogP contribution in [0.5, 0.6) is 0 Å². The van der Waals surface area contributed by atoms with Crippen LogP contribution < -0.4 is 16.0 Å². The minimum atomic E-state index is -0.350. The van der Waals surface area contributed by atoms with E-state index in [1.807, 2.05) is 31.2 Å². The molecule has 0 saturated carbocycles. The number of nitrogens with zero attached hydrogens (tertiary/aromatic N) is 2. The maximum Gasteiger partial charge on any atom is 0.237 e. The van der Waals surface area contributed by atoms with Gasteiger partial charge in [0.2, 0.25) is 16.9 Å². The second-order valence-electron chi connectivity index (χ2n) is 6.02. The largest absolute Gasteiger partial charge is 0.330 e. The fraction of sp³-hybridized carbons (Fsp3) is 0.158. The first-order valence-electron chi connectivity index (χ1n) is 8.60. The zero-order valence-corrected chi connectivity index (χ0v) is 18.8. The number of aromatic nitrogens is 2. The molecule has 3 N–H and O–H groups in total. The topological polar surface area (TPSA) is 96.0 Å². The zero-order valence-electron chi connectivity index (χ0n) is 15.6. The van der Waals surface area contributed by atoms with E-state index in [9.17, 15) is 9.59 Å². The van der Waals surface area contributed by atoms with Crippen molar-refractivity contribution in [3.8, 4) is 0 Å². The molecular formula is C19H18BrN5O2S2. The monoisotopic (exact) mass is 491 g/mol. The van der Waals surface area contributed by atoms with Crippen molar-refractivity contribution in [1.29, 1.82) is 0 Å². The third-order valence-corrected chi connectivity index (χ3v) is 6.12. The summed E-state index contributed by atoms with van der Waals surface area (Å²) in [7, 11) is 0. The molecule has 10 heteroatoms. The highest BCUT2D eigenvalue weighted by molar-refractivity contribution is 9.10. The molecule has 0 aliphatic rings. The van der Waals surface area contributed by atoms with Crippen LogP contribution in [0.4, 0.5) is 22.2 Å². The number of benzene rings is 2. The lowest BCUT2D eigenvalue weighted by atomic mass is 10.2. The van der Waals surface area contributed by atoms with Crippen LogP contribution in [0.25, 0.3) is 0 Å². The Morgan fingerprint density at radius 1 is 1.03 bits per heavy atom. The highest BCUT2D eigenvalue weighted by Gasteiger charge is 2.17. The van der Waals surface area contributed by atoms with E-state index in [4.69, 9.17) is 0 Å². The Kier molecular flexibility index (Phi) is 7.24. The second-order valence-corrected chi connectivity index (χ2v) is 9.50. The highest BCUT2D eigenvalue weighted by atomic mass is 79.9. The Bertz CT molecular complexity index is 1010. The summed E-state index contributed by atoms with van der Waals surface area (Å²) in [5.74, 6) is -0.281. The summed E-state index contributed by atoms with van der Waals surface area (Å²) >= 11 is 6.16. The van der Waals surface area contributed by atoms with E-state index in [-0.39, 0.29) is 17.1 Å². The molecule has 3 aromatic rings. The Balaban J connectivity index is 1.54. The normalized spacial score (nSPS) is 11.6. The molecule has 0 aliphatic carbocycles. The molecule has 0 spiro atoms. The van der Waals surface area contributed by atoms with Gasteiger partial charge in [-0.15, -0.1) is 10.2 Å². The van der Waals surface area contributed by atoms with E-state index in [0.717, 1.165) is 10.2 Å². The van der Waals surface area contributed by atoms with Gasteiger partial charge in [0.05, 0.1) is 5.25 Å². The third kappa shape index (κ3) is 6.55. The highest BCUT2D eigenvalue weighted by Crippen LogP contribution is 2.31. The van der Waals surface area contributed by atoms with Crippen molar-refractivity contribution in [2.45, 2.75) is 23.4 Å². The van der Waals surface area contributed by atoms with Crippen molar-refractivity contribution in [2.24, 2.45) is 0 Å². The Morgan fingerprint density at radius 3 is 2.38 bits per heavy atom. The predicted molar refractivity (Wildman–Crippen MR) is 122 cm³/mol. The van der Waals surface area contributed by atoms with Gasteiger partial charge < -0.3 is 16.0 Å². The Morgan fingerprint density at radius 2 is 1.72 bits per heavy atom. The molecule has 29 heavy (non-hydrogen) atoms. The fourth-order valence-corrected chi connectivity index (χ4v) is 4.60. The van der Waals surface area contributed by atoms with Crippen LogP contribution in [0, 0.1) is 0 Å². The van der Waals surface area contributed by atoms with Crippen LogP contribution in [0.15, 0.2) is 57.3 Å². The molecule has 7 nitrogen and oxygen atoms in total. The van der Waals surface area contributed by atoms with Crippen LogP contribution in [0.1, 0.15) is 13.8 Å². The standard InChI is InChI=1S/C19H18BrN5O2S2/c1-11(17(27)22-15-8-6-14(7-9-15)21-12(2)26)28-19-25-24-18(29-19)23-16-5-3-4-13(20)10-16/h3-11H,1-2H3,(H,21,26)(H,22,27)(H,23,24). The van der Waals surface area contributed by atoms with E-state index >= 15 is 0 Å². The van der Waals surface area contributed by atoms with Crippen LogP contribution in [-0.2, 0) is 9.59 Å². The average molecular weight is 492 g/mol. The number of thioether (sulfide) groups is 1. The molecule has 3 rings (SSSR count). The molecule has 0 fully saturated rings. The number of hydrogen-bond acceptors (Lipinski definition) is 7. The van der Waals surface area contributed by atoms with Gasteiger partial charge in [-0.05, 0) is 49.4 Å². The molecule has 2 amide bonds. The first kappa shape index (κ1) is 21.3. The smallest absolute Gasteiger partial charge is 0.237 e. The summed E-state index contributed by atoms with van der Waals surface area (Å²) < 4.78 is 1.67. The number of rotatable bonds is 7. The predicted octanol–water partition coefficient (Wildman–Crippen LogP) is 5.12. The number of carbonyl (C=O) groups is 2. The average Bonchev–Trinajstić information content (AvgIpc) is 3.09. The first-order valence-corrected chi connectivity index (χ1v) is 11.1. The maximum atomic E-state index is 12.4. The summed E-state index contributed by atoms with van der Waals surface area (Å²) in [6.07, 6.45) is 0. The van der Waals surface area contributed by atoms with Gasteiger partial charge in [0.1, 0.15) is 0 Å². The number of amides is 2. The molecule has 0 aliphatic heterocycles. The van der Waals surface area contributed by atoms with Gasteiger partial charge in [0.25, 0.3) is 0 Å². The van der Waals surface area contributed by atoms with Crippen molar-refractivity contribution in [3.05, 3.63) is 53.0 Å². The van der Waals surface area contributed by atoms with E-state index in [2.05, 4.69) is 42.1 Å². The fourth-order valence-electron chi connectivity index (χ4n) is 2.29. The van der Waals surface area contributed by atoms with Crippen molar-refractivity contribution in [2.75, 3.05) is 16.0 Å². The summed E-state index contributed by atoms with van der Waals surface area (Å²) in [4.78, 5) is 23.5. The Hall–Kier alpha value is -2.43. The van der Waals surface area contributed by atoms with E-state index in [1.165, 1.54) is 30.0 Å². The lowest BCUT2D eigenvalue weighted by molar-refractivity contribution is -0.115. The molecule has 150 valence electrons. The van der Waals surface area contributed by atoms with E-state index < -0.39 is 0 Å². The minimum Gasteiger partial charge on any atom is -0.330 e. The van der Waals surface area contributed by atoms with Gasteiger partial charge >= 0.3 is 0 Å². The van der Waals surface area contributed by atoms with Gasteiger partial charge in [-0.3, -0.25) is 9.59 Å². The van der Waals surface area contributed by atoms with Crippen molar-refractivity contribution >= 4 is 73.0 Å². The van der Waals surface area contributed by atoms with Gasteiger partial charge in [0, 0.05) is 28.5 Å².